The topological polar surface area (TPSA) is 103 Å². The van der Waals surface area contributed by atoms with Gasteiger partial charge in [0.05, 0.1) is 25.8 Å². The second kappa shape index (κ2) is 10.8. The zero-order valence-corrected chi connectivity index (χ0v) is 20.6. The van der Waals surface area contributed by atoms with Crippen molar-refractivity contribution >= 4 is 23.5 Å². The van der Waals surface area contributed by atoms with Gasteiger partial charge < -0.3 is 29.4 Å². The number of methoxy groups -OCH3 is 2. The van der Waals surface area contributed by atoms with E-state index in [1.54, 1.807) is 50.6 Å². The predicted molar refractivity (Wildman–Crippen MR) is 134 cm³/mol. The van der Waals surface area contributed by atoms with E-state index in [0.29, 0.717) is 41.3 Å². The molecule has 0 spiro atoms. The fraction of sp³-hybridized carbons (Fsp3) is 0.259. The van der Waals surface area contributed by atoms with Crippen LogP contribution in [0.4, 0.5) is 0 Å². The molecule has 0 radical (unpaired) electrons. The summed E-state index contributed by atoms with van der Waals surface area (Å²) in [5, 5.41) is 13.1. The number of carbonyl (C=O) groups is 2. The van der Waals surface area contributed by atoms with Crippen molar-refractivity contribution in [3.63, 3.8) is 0 Å². The lowest BCUT2D eigenvalue weighted by atomic mass is 9.87. The van der Waals surface area contributed by atoms with Crippen molar-refractivity contribution in [3.05, 3.63) is 82.4 Å². The molecule has 0 saturated heterocycles. The summed E-state index contributed by atoms with van der Waals surface area (Å²) in [6.07, 6.45) is 0.670. The Kier molecular flexibility index (Phi) is 7.55. The molecule has 4 rings (SSSR count). The molecule has 1 unspecified atom stereocenters. The summed E-state index contributed by atoms with van der Waals surface area (Å²) in [7, 11) is 3.16. The van der Waals surface area contributed by atoms with Gasteiger partial charge in [-0.05, 0) is 48.4 Å². The quantitative estimate of drug-likeness (QED) is 0.437. The third kappa shape index (κ3) is 5.18. The summed E-state index contributed by atoms with van der Waals surface area (Å²) in [6.45, 7) is 0.560. The molecule has 36 heavy (non-hydrogen) atoms. The molecule has 8 nitrogen and oxygen atoms in total. The molecule has 0 aromatic heterocycles. The zero-order chi connectivity index (χ0) is 25.7. The lowest BCUT2D eigenvalue weighted by Crippen LogP contribution is -2.45. The highest BCUT2D eigenvalue weighted by Gasteiger charge is 2.47. The number of ether oxygens (including phenoxy) is 4. The van der Waals surface area contributed by atoms with Crippen LogP contribution in [0.1, 0.15) is 27.9 Å². The van der Waals surface area contributed by atoms with Crippen LogP contribution in [0.2, 0.25) is 5.02 Å². The molecule has 1 aliphatic heterocycles. The summed E-state index contributed by atoms with van der Waals surface area (Å²) in [4.78, 5) is 25.0. The first-order valence-electron chi connectivity index (χ1n) is 11.3. The molecule has 1 amide bonds. The van der Waals surface area contributed by atoms with Gasteiger partial charge in [0.2, 0.25) is 5.60 Å². The molecule has 1 heterocycles. The zero-order valence-electron chi connectivity index (χ0n) is 19.9. The van der Waals surface area contributed by atoms with Crippen molar-refractivity contribution in [2.24, 2.45) is 0 Å². The maximum Gasteiger partial charge on any atom is 0.353 e. The van der Waals surface area contributed by atoms with Crippen molar-refractivity contribution in [1.29, 1.82) is 0 Å². The molecule has 0 fully saturated rings. The molecule has 1 atom stereocenters. The lowest BCUT2D eigenvalue weighted by Gasteiger charge is -2.35. The van der Waals surface area contributed by atoms with Gasteiger partial charge in [-0.15, -0.1) is 0 Å². The standard InChI is InChI=1S/C27H26ClNO7/c1-33-19-13-17(14-20(16-19)34-2)9-11-29-25(30)18-7-8-24(22(28)15-18)36-27(26(31)32)10-12-35-23-6-4-3-5-21(23)27/h3-8,13-16H,9-12H2,1-2H3,(H,29,30)(H,31,32). The van der Waals surface area contributed by atoms with E-state index in [0.717, 1.165) is 5.56 Å². The number of fused-ring (bicyclic) bond motifs is 1. The van der Waals surface area contributed by atoms with Crippen LogP contribution in [0.5, 0.6) is 23.0 Å². The van der Waals surface area contributed by atoms with Crippen LogP contribution < -0.4 is 24.3 Å². The number of carbonyl (C=O) groups excluding carboxylic acids is 1. The number of nitrogens with one attached hydrogen (secondary N) is 1. The Hall–Kier alpha value is -3.91. The second-order valence-electron chi connectivity index (χ2n) is 8.20. The molecule has 0 saturated carbocycles. The van der Waals surface area contributed by atoms with Crippen LogP contribution in [0.25, 0.3) is 0 Å². The first kappa shape index (κ1) is 25.2. The van der Waals surface area contributed by atoms with E-state index < -0.39 is 11.6 Å². The number of aliphatic carboxylic acids is 1. The average Bonchev–Trinajstić information content (AvgIpc) is 2.89. The van der Waals surface area contributed by atoms with E-state index >= 15 is 0 Å². The molecule has 1 aliphatic rings. The number of para-hydroxylation sites is 1. The van der Waals surface area contributed by atoms with Crippen molar-refractivity contribution in [2.75, 3.05) is 27.4 Å². The molecule has 9 heteroatoms. The van der Waals surface area contributed by atoms with Gasteiger partial charge in [0.25, 0.3) is 5.91 Å². The van der Waals surface area contributed by atoms with Crippen molar-refractivity contribution in [3.8, 4) is 23.0 Å². The van der Waals surface area contributed by atoms with Crippen LogP contribution in [-0.2, 0) is 16.8 Å². The van der Waals surface area contributed by atoms with E-state index in [1.807, 2.05) is 12.1 Å². The van der Waals surface area contributed by atoms with Gasteiger partial charge >= 0.3 is 5.97 Å². The maximum absolute atomic E-state index is 12.7. The molecule has 0 bridgehead atoms. The Bertz CT molecular complexity index is 1260. The molecular weight excluding hydrogens is 486 g/mol. The minimum absolute atomic E-state index is 0.104. The molecule has 0 aliphatic carbocycles. The summed E-state index contributed by atoms with van der Waals surface area (Å²) in [5.74, 6) is 0.490. The summed E-state index contributed by atoms with van der Waals surface area (Å²) >= 11 is 6.43. The van der Waals surface area contributed by atoms with E-state index in [1.165, 1.54) is 12.1 Å². The minimum Gasteiger partial charge on any atom is -0.497 e. The van der Waals surface area contributed by atoms with Crippen molar-refractivity contribution < 1.29 is 33.6 Å². The highest BCUT2D eigenvalue weighted by Crippen LogP contribution is 2.42. The molecule has 3 aromatic rings. The van der Waals surface area contributed by atoms with Crippen LogP contribution in [-0.4, -0.2) is 44.4 Å². The van der Waals surface area contributed by atoms with Crippen LogP contribution >= 0.6 is 11.6 Å². The van der Waals surface area contributed by atoms with E-state index in [-0.39, 0.29) is 29.7 Å². The lowest BCUT2D eigenvalue weighted by molar-refractivity contribution is -0.159. The number of carboxylic acids is 1. The Labute approximate surface area is 213 Å². The predicted octanol–water partition coefficient (Wildman–Crippen LogP) is 4.47. The fourth-order valence-corrected chi connectivity index (χ4v) is 4.30. The summed E-state index contributed by atoms with van der Waals surface area (Å²) in [5.41, 5.74) is 0.0344. The van der Waals surface area contributed by atoms with E-state index in [4.69, 9.17) is 30.5 Å². The number of carboxylic acid groups (broad SMARTS) is 1. The van der Waals surface area contributed by atoms with Gasteiger partial charge in [-0.3, -0.25) is 4.79 Å². The third-order valence-corrected chi connectivity index (χ3v) is 6.26. The van der Waals surface area contributed by atoms with Gasteiger partial charge in [0, 0.05) is 30.2 Å². The monoisotopic (exact) mass is 511 g/mol. The van der Waals surface area contributed by atoms with Gasteiger partial charge in [0.1, 0.15) is 23.0 Å². The van der Waals surface area contributed by atoms with Gasteiger partial charge in [0.15, 0.2) is 0 Å². The third-order valence-electron chi connectivity index (χ3n) is 5.97. The number of halogens is 1. The smallest absolute Gasteiger partial charge is 0.353 e. The largest absolute Gasteiger partial charge is 0.497 e. The average molecular weight is 512 g/mol. The number of benzene rings is 3. The van der Waals surface area contributed by atoms with E-state index in [9.17, 15) is 14.7 Å². The molecule has 3 aromatic carbocycles. The van der Waals surface area contributed by atoms with Crippen molar-refractivity contribution in [1.82, 2.24) is 5.32 Å². The molecule has 188 valence electrons. The maximum atomic E-state index is 12.7. The Morgan fingerprint density at radius 1 is 1.06 bits per heavy atom. The van der Waals surface area contributed by atoms with Crippen LogP contribution in [0.15, 0.2) is 60.7 Å². The normalized spacial score (nSPS) is 16.3. The Morgan fingerprint density at radius 3 is 2.44 bits per heavy atom. The van der Waals surface area contributed by atoms with Gasteiger partial charge in [-0.25, -0.2) is 4.79 Å². The first-order valence-corrected chi connectivity index (χ1v) is 11.7. The summed E-state index contributed by atoms with van der Waals surface area (Å²) < 4.78 is 22.2. The Morgan fingerprint density at radius 2 is 1.78 bits per heavy atom. The van der Waals surface area contributed by atoms with Crippen LogP contribution in [0, 0.1) is 0 Å². The minimum atomic E-state index is -1.65. The number of amides is 1. The second-order valence-corrected chi connectivity index (χ2v) is 8.61. The molecular formula is C27H26ClNO7. The SMILES string of the molecule is COc1cc(CCNC(=O)c2ccc(OC3(C(=O)O)CCOc4ccccc43)c(Cl)c2)cc(OC)c1. The fourth-order valence-electron chi connectivity index (χ4n) is 4.08. The highest BCUT2D eigenvalue weighted by molar-refractivity contribution is 6.32. The highest BCUT2D eigenvalue weighted by atomic mass is 35.5. The number of rotatable bonds is 9. The van der Waals surface area contributed by atoms with Crippen molar-refractivity contribution in [2.45, 2.75) is 18.4 Å². The Balaban J connectivity index is 1.46. The first-order chi connectivity index (χ1) is 17.4. The van der Waals surface area contributed by atoms with Gasteiger partial charge in [-0.1, -0.05) is 29.8 Å². The van der Waals surface area contributed by atoms with E-state index in [2.05, 4.69) is 5.32 Å². The summed E-state index contributed by atoms with van der Waals surface area (Å²) in [6, 6.07) is 16.9. The van der Waals surface area contributed by atoms with Crippen LogP contribution in [0.3, 0.4) is 0 Å². The number of hydrogen-bond donors (Lipinski definition) is 2. The number of hydrogen-bond acceptors (Lipinski definition) is 6. The van der Waals surface area contributed by atoms with Gasteiger partial charge in [-0.2, -0.15) is 0 Å². The molecule has 2 N–H and O–H groups in total.